The van der Waals surface area contributed by atoms with Gasteiger partial charge in [0.15, 0.2) is 5.78 Å². The van der Waals surface area contributed by atoms with Crippen LogP contribution in [0.2, 0.25) is 5.02 Å². The van der Waals surface area contributed by atoms with Gasteiger partial charge in [0.25, 0.3) is 0 Å². The van der Waals surface area contributed by atoms with Crippen LogP contribution in [0.15, 0.2) is 42.5 Å². The van der Waals surface area contributed by atoms with Gasteiger partial charge in [-0.25, -0.2) is 0 Å². The summed E-state index contributed by atoms with van der Waals surface area (Å²) >= 11 is 5.90. The molecule has 0 heterocycles. The third kappa shape index (κ3) is 3.61. The third-order valence-corrected chi connectivity index (χ3v) is 3.52. The molecule has 0 N–H and O–H groups in total. The maximum atomic E-state index is 12.2. The average molecular weight is 289 g/mol. The predicted molar refractivity (Wildman–Crippen MR) is 81.8 cm³/mol. The van der Waals surface area contributed by atoms with E-state index in [0.29, 0.717) is 11.4 Å². The van der Waals surface area contributed by atoms with Crippen LogP contribution in [0.5, 0.6) is 5.75 Å². The Morgan fingerprint density at radius 3 is 2.45 bits per heavy atom. The second kappa shape index (κ2) is 6.58. The molecule has 0 unspecified atom stereocenters. The van der Waals surface area contributed by atoms with E-state index in [4.69, 9.17) is 16.3 Å². The van der Waals surface area contributed by atoms with Crippen molar-refractivity contribution < 1.29 is 9.53 Å². The minimum Gasteiger partial charge on any atom is -0.497 e. The van der Waals surface area contributed by atoms with Crippen molar-refractivity contribution in [2.24, 2.45) is 0 Å². The van der Waals surface area contributed by atoms with Crippen molar-refractivity contribution in [1.82, 2.24) is 0 Å². The minimum absolute atomic E-state index is 0.148. The van der Waals surface area contributed by atoms with Gasteiger partial charge in [0.05, 0.1) is 7.11 Å². The zero-order chi connectivity index (χ0) is 14.5. The van der Waals surface area contributed by atoms with Crippen molar-refractivity contribution in [1.29, 1.82) is 0 Å². The lowest BCUT2D eigenvalue weighted by molar-refractivity contribution is 0.0982. The van der Waals surface area contributed by atoms with Crippen LogP contribution in [-0.4, -0.2) is 12.9 Å². The smallest absolute Gasteiger partial charge is 0.163 e. The van der Waals surface area contributed by atoms with Gasteiger partial charge in [0, 0.05) is 17.0 Å². The fourth-order valence-electron chi connectivity index (χ4n) is 2.12. The Kier molecular flexibility index (Phi) is 4.80. The van der Waals surface area contributed by atoms with E-state index in [0.717, 1.165) is 28.9 Å². The highest BCUT2D eigenvalue weighted by molar-refractivity contribution is 6.30. The summed E-state index contributed by atoms with van der Waals surface area (Å²) in [6.45, 7) is 1.91. The Labute approximate surface area is 124 Å². The van der Waals surface area contributed by atoms with E-state index in [1.807, 2.05) is 37.3 Å². The first-order valence-electron chi connectivity index (χ1n) is 6.52. The molecule has 0 amide bonds. The summed E-state index contributed by atoms with van der Waals surface area (Å²) in [5, 5.41) is 0.661. The van der Waals surface area contributed by atoms with Gasteiger partial charge in [-0.15, -0.1) is 0 Å². The van der Waals surface area contributed by atoms with Crippen molar-refractivity contribution in [3.63, 3.8) is 0 Å². The number of halogens is 1. The standard InChI is InChI=1S/C17H17ClO2/c1-12-11-14(18)6-9-16(12)17(19)10-5-13-3-7-15(20-2)8-4-13/h3-4,6-9,11H,5,10H2,1-2H3. The Balaban J connectivity index is 2.00. The SMILES string of the molecule is COc1ccc(CCC(=O)c2ccc(Cl)cc2C)cc1. The van der Waals surface area contributed by atoms with Gasteiger partial charge in [-0.1, -0.05) is 23.7 Å². The molecule has 0 fully saturated rings. The van der Waals surface area contributed by atoms with Crippen LogP contribution in [0.25, 0.3) is 0 Å². The van der Waals surface area contributed by atoms with Crippen LogP contribution in [0.4, 0.5) is 0 Å². The number of Topliss-reactive ketones (excluding diaryl/α,β-unsaturated/α-hetero) is 1. The molecular weight excluding hydrogens is 272 g/mol. The number of hydrogen-bond donors (Lipinski definition) is 0. The molecule has 3 heteroatoms. The molecule has 2 aromatic carbocycles. The van der Waals surface area contributed by atoms with E-state index in [9.17, 15) is 4.79 Å². The molecule has 20 heavy (non-hydrogen) atoms. The van der Waals surface area contributed by atoms with Crippen LogP contribution in [0.1, 0.15) is 27.9 Å². The molecule has 2 rings (SSSR count). The fraction of sp³-hybridized carbons (Fsp3) is 0.235. The number of carbonyl (C=O) groups is 1. The summed E-state index contributed by atoms with van der Waals surface area (Å²) in [7, 11) is 1.64. The van der Waals surface area contributed by atoms with Crippen molar-refractivity contribution in [2.75, 3.05) is 7.11 Å². The Hall–Kier alpha value is -1.80. The van der Waals surface area contributed by atoms with Gasteiger partial charge in [-0.3, -0.25) is 4.79 Å². The maximum absolute atomic E-state index is 12.2. The summed E-state index contributed by atoms with van der Waals surface area (Å²) in [6.07, 6.45) is 1.22. The van der Waals surface area contributed by atoms with Crippen LogP contribution in [0.3, 0.4) is 0 Å². The summed E-state index contributed by atoms with van der Waals surface area (Å²) < 4.78 is 5.11. The number of methoxy groups -OCH3 is 1. The van der Waals surface area contributed by atoms with E-state index in [-0.39, 0.29) is 5.78 Å². The number of aryl methyl sites for hydroxylation is 2. The number of rotatable bonds is 5. The minimum atomic E-state index is 0.148. The van der Waals surface area contributed by atoms with Crippen LogP contribution in [0, 0.1) is 6.92 Å². The van der Waals surface area contributed by atoms with E-state index >= 15 is 0 Å². The largest absolute Gasteiger partial charge is 0.497 e. The number of ether oxygens (including phenoxy) is 1. The Morgan fingerprint density at radius 1 is 1.15 bits per heavy atom. The first kappa shape index (κ1) is 14.6. The quantitative estimate of drug-likeness (QED) is 0.759. The Morgan fingerprint density at radius 2 is 1.85 bits per heavy atom. The molecule has 0 radical (unpaired) electrons. The van der Waals surface area contributed by atoms with Crippen molar-refractivity contribution in [3.05, 3.63) is 64.2 Å². The van der Waals surface area contributed by atoms with E-state index in [2.05, 4.69) is 0 Å². The summed E-state index contributed by atoms with van der Waals surface area (Å²) in [5.41, 5.74) is 2.81. The number of ketones is 1. The summed E-state index contributed by atoms with van der Waals surface area (Å²) in [5.74, 6) is 0.976. The highest BCUT2D eigenvalue weighted by Crippen LogP contribution is 2.18. The highest BCUT2D eigenvalue weighted by Gasteiger charge is 2.09. The first-order chi connectivity index (χ1) is 9.60. The van der Waals surface area contributed by atoms with E-state index < -0.39 is 0 Å². The first-order valence-corrected chi connectivity index (χ1v) is 6.90. The molecule has 0 saturated carbocycles. The molecule has 2 nitrogen and oxygen atoms in total. The van der Waals surface area contributed by atoms with Crippen LogP contribution in [-0.2, 0) is 6.42 Å². The summed E-state index contributed by atoms with van der Waals surface area (Å²) in [4.78, 5) is 12.2. The van der Waals surface area contributed by atoms with E-state index in [1.54, 1.807) is 19.2 Å². The predicted octanol–water partition coefficient (Wildman–Crippen LogP) is 4.47. The van der Waals surface area contributed by atoms with Gasteiger partial charge in [-0.2, -0.15) is 0 Å². The van der Waals surface area contributed by atoms with Crippen molar-refractivity contribution in [2.45, 2.75) is 19.8 Å². The van der Waals surface area contributed by atoms with Gasteiger partial charge < -0.3 is 4.74 Å². The molecule has 2 aromatic rings. The molecule has 104 valence electrons. The lowest BCUT2D eigenvalue weighted by Crippen LogP contribution is -2.03. The molecular formula is C17H17ClO2. The molecule has 0 aliphatic carbocycles. The molecule has 0 aromatic heterocycles. The maximum Gasteiger partial charge on any atom is 0.163 e. The lowest BCUT2D eigenvalue weighted by atomic mass is 9.99. The monoisotopic (exact) mass is 288 g/mol. The topological polar surface area (TPSA) is 26.3 Å². The normalized spacial score (nSPS) is 10.3. The molecule has 0 aliphatic rings. The number of benzene rings is 2. The molecule has 0 saturated heterocycles. The molecule has 0 bridgehead atoms. The van der Waals surface area contributed by atoms with Crippen LogP contribution >= 0.6 is 11.6 Å². The zero-order valence-corrected chi connectivity index (χ0v) is 12.4. The average Bonchev–Trinajstić information content (AvgIpc) is 2.45. The second-order valence-electron chi connectivity index (χ2n) is 4.73. The molecule has 0 spiro atoms. The van der Waals surface area contributed by atoms with Crippen LogP contribution < -0.4 is 4.74 Å². The van der Waals surface area contributed by atoms with Gasteiger partial charge >= 0.3 is 0 Å². The molecule has 0 atom stereocenters. The molecule has 0 aliphatic heterocycles. The third-order valence-electron chi connectivity index (χ3n) is 3.29. The van der Waals surface area contributed by atoms with Crippen molar-refractivity contribution in [3.8, 4) is 5.75 Å². The second-order valence-corrected chi connectivity index (χ2v) is 5.17. The lowest BCUT2D eigenvalue weighted by Gasteiger charge is -2.06. The summed E-state index contributed by atoms with van der Waals surface area (Å²) in [6, 6.07) is 13.2. The van der Waals surface area contributed by atoms with E-state index in [1.165, 1.54) is 0 Å². The van der Waals surface area contributed by atoms with Gasteiger partial charge in [0.1, 0.15) is 5.75 Å². The highest BCUT2D eigenvalue weighted by atomic mass is 35.5. The fourth-order valence-corrected chi connectivity index (χ4v) is 2.35. The van der Waals surface area contributed by atoms with Gasteiger partial charge in [0.2, 0.25) is 0 Å². The number of carbonyl (C=O) groups excluding carboxylic acids is 1. The van der Waals surface area contributed by atoms with Crippen molar-refractivity contribution >= 4 is 17.4 Å². The number of hydrogen-bond acceptors (Lipinski definition) is 2. The van der Waals surface area contributed by atoms with Gasteiger partial charge in [-0.05, 0) is 54.8 Å². The Bertz CT molecular complexity index is 603. The zero-order valence-electron chi connectivity index (χ0n) is 11.7.